The molecule has 5 nitrogen and oxygen atoms in total. The highest BCUT2D eigenvalue weighted by Gasteiger charge is 2.19. The van der Waals surface area contributed by atoms with Crippen LogP contribution in [0.2, 0.25) is 0 Å². The summed E-state index contributed by atoms with van der Waals surface area (Å²) in [5, 5.41) is 12.5. The van der Waals surface area contributed by atoms with Crippen molar-refractivity contribution in [2.24, 2.45) is 0 Å². The predicted molar refractivity (Wildman–Crippen MR) is 74.7 cm³/mol. The third-order valence-electron chi connectivity index (χ3n) is 3.05. The standard InChI is InChI=1S/C13H29N3O2/c1-7-11(2)15(5)9-8-14-12(17)16(6)10-13(3,4)18/h11,18H,7-10H2,1-6H3,(H,14,17). The molecule has 0 aromatic heterocycles. The highest BCUT2D eigenvalue weighted by Crippen LogP contribution is 2.03. The van der Waals surface area contributed by atoms with Gasteiger partial charge in [0.25, 0.3) is 0 Å². The Balaban J connectivity index is 3.90. The summed E-state index contributed by atoms with van der Waals surface area (Å²) in [7, 11) is 3.74. The largest absolute Gasteiger partial charge is 0.389 e. The molecule has 0 saturated heterocycles. The van der Waals surface area contributed by atoms with Crippen molar-refractivity contribution in [1.29, 1.82) is 0 Å². The van der Waals surface area contributed by atoms with Gasteiger partial charge in [-0.15, -0.1) is 0 Å². The van der Waals surface area contributed by atoms with Crippen LogP contribution in [0.3, 0.4) is 0 Å². The van der Waals surface area contributed by atoms with Crippen molar-refractivity contribution in [3.8, 4) is 0 Å². The average Bonchev–Trinajstić information content (AvgIpc) is 2.25. The Bertz CT molecular complexity index is 251. The van der Waals surface area contributed by atoms with Crippen molar-refractivity contribution in [2.45, 2.75) is 45.8 Å². The van der Waals surface area contributed by atoms with Crippen molar-refractivity contribution in [3.63, 3.8) is 0 Å². The number of rotatable bonds is 7. The van der Waals surface area contributed by atoms with Gasteiger partial charge in [-0.3, -0.25) is 0 Å². The number of urea groups is 1. The molecular formula is C13H29N3O2. The maximum absolute atomic E-state index is 11.7. The molecule has 0 spiro atoms. The molecule has 0 fully saturated rings. The number of nitrogens with zero attached hydrogens (tertiary/aromatic N) is 2. The lowest BCUT2D eigenvalue weighted by Crippen LogP contribution is -2.46. The van der Waals surface area contributed by atoms with Crippen molar-refractivity contribution < 1.29 is 9.90 Å². The molecule has 0 aliphatic rings. The van der Waals surface area contributed by atoms with Crippen LogP contribution in [0.25, 0.3) is 0 Å². The van der Waals surface area contributed by atoms with Crippen LogP contribution in [-0.4, -0.2) is 66.3 Å². The summed E-state index contributed by atoms with van der Waals surface area (Å²) in [4.78, 5) is 15.4. The minimum absolute atomic E-state index is 0.144. The van der Waals surface area contributed by atoms with Gasteiger partial charge in [-0.2, -0.15) is 0 Å². The first-order chi connectivity index (χ1) is 8.17. The Hall–Kier alpha value is -0.810. The first-order valence-electron chi connectivity index (χ1n) is 6.59. The first-order valence-corrected chi connectivity index (χ1v) is 6.59. The van der Waals surface area contributed by atoms with Gasteiger partial charge in [0.1, 0.15) is 0 Å². The number of carbonyl (C=O) groups is 1. The van der Waals surface area contributed by atoms with Crippen LogP contribution in [0.1, 0.15) is 34.1 Å². The second-order valence-corrected chi connectivity index (χ2v) is 5.64. The topological polar surface area (TPSA) is 55.8 Å². The molecule has 0 rings (SSSR count). The maximum atomic E-state index is 11.7. The number of hydrogen-bond acceptors (Lipinski definition) is 3. The Morgan fingerprint density at radius 3 is 2.39 bits per heavy atom. The van der Waals surface area contributed by atoms with Crippen molar-refractivity contribution in [2.75, 3.05) is 33.7 Å². The molecule has 0 saturated carbocycles. The quantitative estimate of drug-likeness (QED) is 0.720. The van der Waals surface area contributed by atoms with Crippen LogP contribution >= 0.6 is 0 Å². The van der Waals surface area contributed by atoms with Crippen LogP contribution in [-0.2, 0) is 0 Å². The second-order valence-electron chi connectivity index (χ2n) is 5.64. The van der Waals surface area contributed by atoms with Gasteiger partial charge in [0.15, 0.2) is 0 Å². The SMILES string of the molecule is CCC(C)N(C)CCNC(=O)N(C)CC(C)(C)O. The lowest BCUT2D eigenvalue weighted by atomic mass is 10.1. The van der Waals surface area contributed by atoms with Crippen molar-refractivity contribution >= 4 is 6.03 Å². The van der Waals surface area contributed by atoms with Crippen LogP contribution in [0.15, 0.2) is 0 Å². The highest BCUT2D eigenvalue weighted by molar-refractivity contribution is 5.73. The molecule has 0 aromatic rings. The number of aliphatic hydroxyl groups is 1. The molecule has 5 heteroatoms. The first kappa shape index (κ1) is 17.2. The molecule has 1 atom stereocenters. The van der Waals surface area contributed by atoms with E-state index < -0.39 is 5.60 Å². The van der Waals surface area contributed by atoms with Gasteiger partial charge in [-0.05, 0) is 34.2 Å². The third kappa shape index (κ3) is 7.50. The van der Waals surface area contributed by atoms with Crippen molar-refractivity contribution in [3.05, 3.63) is 0 Å². The van der Waals surface area contributed by atoms with E-state index in [0.717, 1.165) is 13.0 Å². The summed E-state index contributed by atoms with van der Waals surface area (Å²) in [5.41, 5.74) is -0.862. The molecule has 0 heterocycles. The van der Waals surface area contributed by atoms with Gasteiger partial charge in [0.05, 0.1) is 12.1 Å². The van der Waals surface area contributed by atoms with Gasteiger partial charge in [-0.1, -0.05) is 6.92 Å². The maximum Gasteiger partial charge on any atom is 0.317 e. The second kappa shape index (κ2) is 7.59. The van der Waals surface area contributed by atoms with E-state index >= 15 is 0 Å². The van der Waals surface area contributed by atoms with E-state index in [1.54, 1.807) is 20.9 Å². The zero-order valence-corrected chi connectivity index (χ0v) is 12.7. The molecule has 2 N–H and O–H groups in total. The number of likely N-dealkylation sites (N-methyl/N-ethyl adjacent to an activating group) is 2. The van der Waals surface area contributed by atoms with Gasteiger partial charge in [0, 0.05) is 26.2 Å². The van der Waals surface area contributed by atoms with E-state index in [2.05, 4.69) is 31.1 Å². The fraction of sp³-hybridized carbons (Fsp3) is 0.923. The van der Waals surface area contributed by atoms with E-state index in [-0.39, 0.29) is 6.03 Å². The summed E-state index contributed by atoms with van der Waals surface area (Å²) in [6.07, 6.45) is 1.10. The smallest absolute Gasteiger partial charge is 0.317 e. The fourth-order valence-electron chi connectivity index (χ4n) is 1.66. The fourth-order valence-corrected chi connectivity index (χ4v) is 1.66. The number of hydrogen-bond donors (Lipinski definition) is 2. The molecule has 2 amide bonds. The van der Waals surface area contributed by atoms with E-state index in [0.29, 0.717) is 19.1 Å². The average molecular weight is 259 g/mol. The minimum atomic E-state index is -0.862. The molecule has 0 radical (unpaired) electrons. The van der Waals surface area contributed by atoms with Crippen molar-refractivity contribution in [1.82, 2.24) is 15.1 Å². The Morgan fingerprint density at radius 2 is 1.94 bits per heavy atom. The number of amides is 2. The van der Waals surface area contributed by atoms with E-state index in [4.69, 9.17) is 0 Å². The number of nitrogens with one attached hydrogen (secondary N) is 1. The Labute approximate surface area is 111 Å². The molecular weight excluding hydrogens is 230 g/mol. The number of carbonyl (C=O) groups excluding carboxylic acids is 1. The van der Waals surface area contributed by atoms with E-state index in [9.17, 15) is 9.90 Å². The van der Waals surface area contributed by atoms with Crippen LogP contribution in [0.5, 0.6) is 0 Å². The van der Waals surface area contributed by atoms with Gasteiger partial charge in [0.2, 0.25) is 0 Å². The lowest BCUT2D eigenvalue weighted by molar-refractivity contribution is 0.0531. The normalized spacial score (nSPS) is 13.6. The third-order valence-corrected chi connectivity index (χ3v) is 3.05. The molecule has 0 aromatic carbocycles. The summed E-state index contributed by atoms with van der Waals surface area (Å²) in [6, 6.07) is 0.380. The Morgan fingerprint density at radius 1 is 1.39 bits per heavy atom. The summed E-state index contributed by atoms with van der Waals surface area (Å²) >= 11 is 0. The summed E-state index contributed by atoms with van der Waals surface area (Å²) in [6.45, 7) is 9.47. The summed E-state index contributed by atoms with van der Waals surface area (Å²) in [5.74, 6) is 0. The molecule has 0 aliphatic heterocycles. The molecule has 108 valence electrons. The van der Waals surface area contributed by atoms with Crippen LogP contribution < -0.4 is 5.32 Å². The lowest BCUT2D eigenvalue weighted by Gasteiger charge is -2.27. The highest BCUT2D eigenvalue weighted by atomic mass is 16.3. The zero-order chi connectivity index (χ0) is 14.3. The minimum Gasteiger partial charge on any atom is -0.389 e. The van der Waals surface area contributed by atoms with E-state index in [1.807, 2.05) is 0 Å². The zero-order valence-electron chi connectivity index (χ0n) is 12.7. The van der Waals surface area contributed by atoms with Crippen LogP contribution in [0.4, 0.5) is 4.79 Å². The molecule has 0 aliphatic carbocycles. The molecule has 18 heavy (non-hydrogen) atoms. The van der Waals surface area contributed by atoms with Gasteiger partial charge >= 0.3 is 6.03 Å². The summed E-state index contributed by atoms with van der Waals surface area (Å²) < 4.78 is 0. The van der Waals surface area contributed by atoms with E-state index in [1.165, 1.54) is 4.90 Å². The monoisotopic (exact) mass is 259 g/mol. The molecule has 0 bridgehead atoms. The predicted octanol–water partition coefficient (Wildman–Crippen LogP) is 1.13. The van der Waals surface area contributed by atoms with Gasteiger partial charge in [-0.25, -0.2) is 4.79 Å². The van der Waals surface area contributed by atoms with Gasteiger partial charge < -0.3 is 20.2 Å². The van der Waals surface area contributed by atoms with Crippen LogP contribution in [0, 0.1) is 0 Å². The Kier molecular flexibility index (Phi) is 7.25. The molecule has 1 unspecified atom stereocenters.